The van der Waals surface area contributed by atoms with Crippen molar-refractivity contribution in [2.24, 2.45) is 5.92 Å². The minimum absolute atomic E-state index is 0.00488. The van der Waals surface area contributed by atoms with Crippen molar-refractivity contribution in [3.05, 3.63) is 18.6 Å². The van der Waals surface area contributed by atoms with Crippen LogP contribution in [0.25, 0.3) is 11.0 Å². The smallest absolute Gasteiger partial charge is 0.280 e. The van der Waals surface area contributed by atoms with E-state index < -0.39 is 10.2 Å². The molecule has 1 saturated carbocycles. The number of hydrogen-bond acceptors (Lipinski definition) is 7. The fourth-order valence-corrected chi connectivity index (χ4v) is 6.98. The van der Waals surface area contributed by atoms with Gasteiger partial charge >= 0.3 is 0 Å². The molecule has 5 rings (SSSR count). The Bertz CT molecular complexity index is 1130. The molecule has 12 heteroatoms. The van der Waals surface area contributed by atoms with Crippen molar-refractivity contribution in [1.82, 2.24) is 28.9 Å². The topological polar surface area (TPSA) is 135 Å². The second kappa shape index (κ2) is 9.40. The Morgan fingerprint density at radius 3 is 2.74 bits per heavy atom. The highest BCUT2D eigenvalue weighted by atomic mass is 32.2. The van der Waals surface area contributed by atoms with Crippen LogP contribution in [-0.4, -0.2) is 95.0 Å². The Morgan fingerprint density at radius 1 is 1.21 bits per heavy atom. The van der Waals surface area contributed by atoms with Crippen LogP contribution in [0.4, 0.5) is 5.82 Å². The monoisotopic (exact) mass is 491 g/mol. The van der Waals surface area contributed by atoms with E-state index in [1.54, 1.807) is 15.5 Å². The van der Waals surface area contributed by atoms with Crippen LogP contribution in [0, 0.1) is 5.92 Å². The number of H-pyrrole nitrogens is 1. The maximum absolute atomic E-state index is 13.2. The fourth-order valence-electron chi connectivity index (χ4n) is 5.38. The van der Waals surface area contributed by atoms with E-state index in [1.165, 1.54) is 0 Å². The van der Waals surface area contributed by atoms with Gasteiger partial charge in [-0.15, -0.1) is 0 Å². The van der Waals surface area contributed by atoms with Crippen molar-refractivity contribution in [2.45, 2.75) is 44.1 Å². The number of likely N-dealkylation sites (tertiary alicyclic amines) is 1. The molecule has 0 bridgehead atoms. The molecule has 1 spiro atoms. The van der Waals surface area contributed by atoms with E-state index in [0.717, 1.165) is 49.0 Å². The maximum Gasteiger partial charge on any atom is 0.280 e. The number of nitrogens with zero attached hydrogens (tertiary/aromatic N) is 5. The summed E-state index contributed by atoms with van der Waals surface area (Å²) in [4.78, 5) is 27.7. The first-order valence-electron chi connectivity index (χ1n) is 12.1. The number of carbonyl (C=O) groups excluding carboxylic acids is 1. The lowest BCUT2D eigenvalue weighted by Gasteiger charge is -2.41. The Hall–Kier alpha value is -2.28. The second-order valence-electron chi connectivity index (χ2n) is 9.64. The van der Waals surface area contributed by atoms with Crippen molar-refractivity contribution in [1.29, 1.82) is 0 Å². The minimum atomic E-state index is -3.57. The van der Waals surface area contributed by atoms with Gasteiger partial charge in [-0.05, 0) is 44.1 Å². The summed E-state index contributed by atoms with van der Waals surface area (Å²) in [5, 5.41) is 9.90. The molecule has 186 valence electrons. The summed E-state index contributed by atoms with van der Waals surface area (Å²) in [6.45, 7) is 3.29. The van der Waals surface area contributed by atoms with Crippen molar-refractivity contribution >= 4 is 33.0 Å². The lowest BCUT2D eigenvalue weighted by molar-refractivity contribution is -0.133. The van der Waals surface area contributed by atoms with Gasteiger partial charge in [0.25, 0.3) is 10.2 Å². The van der Waals surface area contributed by atoms with Crippen LogP contribution >= 0.6 is 0 Å². The molecule has 4 heterocycles. The van der Waals surface area contributed by atoms with Gasteiger partial charge in [0, 0.05) is 51.9 Å². The molecule has 2 aliphatic heterocycles. The molecule has 1 amide bonds. The molecule has 0 aromatic carbocycles. The van der Waals surface area contributed by atoms with E-state index in [4.69, 9.17) is 5.11 Å². The fraction of sp³-hybridized carbons (Fsp3) is 0.682. The van der Waals surface area contributed by atoms with Crippen molar-refractivity contribution in [2.75, 3.05) is 50.8 Å². The summed E-state index contributed by atoms with van der Waals surface area (Å²) in [5.74, 6) is 1.25. The van der Waals surface area contributed by atoms with E-state index in [0.29, 0.717) is 45.2 Å². The van der Waals surface area contributed by atoms with Crippen LogP contribution in [0.5, 0.6) is 0 Å². The van der Waals surface area contributed by atoms with Crippen LogP contribution in [0.2, 0.25) is 0 Å². The Morgan fingerprint density at radius 2 is 2.00 bits per heavy atom. The average Bonchev–Trinajstić information content (AvgIpc) is 3.40. The Labute approximate surface area is 199 Å². The molecular formula is C22H33N7O4S. The first-order chi connectivity index (χ1) is 16.4. The number of anilines is 1. The lowest BCUT2D eigenvalue weighted by Crippen LogP contribution is -2.59. The standard InChI is InChI=1S/C22H33N7O4S/c30-14-5-19(31)27-10-3-17(4-11-27)1-9-26-34(32,33)29-13-12-28(15-22(29)6-7-22)21-18-2-8-23-20(18)24-16-25-21/h2,8,16-17,26,30H,1,3-7,9-15H2,(H,23,24,25). The van der Waals surface area contributed by atoms with Crippen LogP contribution < -0.4 is 9.62 Å². The molecular weight excluding hydrogens is 458 g/mol. The third-order valence-electron chi connectivity index (χ3n) is 7.47. The average molecular weight is 492 g/mol. The second-order valence-corrected chi connectivity index (χ2v) is 11.3. The summed E-state index contributed by atoms with van der Waals surface area (Å²) in [6, 6.07) is 1.96. The highest BCUT2D eigenvalue weighted by molar-refractivity contribution is 7.87. The number of carbonyl (C=O) groups is 1. The number of aliphatic hydroxyl groups excluding tert-OH is 1. The van der Waals surface area contributed by atoms with Crippen LogP contribution in [-0.2, 0) is 15.0 Å². The van der Waals surface area contributed by atoms with Gasteiger partial charge in [-0.2, -0.15) is 12.7 Å². The number of nitrogens with one attached hydrogen (secondary N) is 2. The van der Waals surface area contributed by atoms with Crippen molar-refractivity contribution in [3.63, 3.8) is 0 Å². The zero-order chi connectivity index (χ0) is 23.8. The number of aromatic nitrogens is 3. The van der Waals surface area contributed by atoms with Crippen molar-refractivity contribution < 1.29 is 18.3 Å². The predicted octanol–water partition coefficient (Wildman–Crippen LogP) is 0.458. The van der Waals surface area contributed by atoms with Crippen LogP contribution in [0.3, 0.4) is 0 Å². The number of piperazine rings is 1. The molecule has 1 aliphatic carbocycles. The predicted molar refractivity (Wildman–Crippen MR) is 127 cm³/mol. The number of aliphatic hydroxyl groups is 1. The summed E-state index contributed by atoms with van der Waals surface area (Å²) in [6.07, 6.45) is 7.77. The van der Waals surface area contributed by atoms with Gasteiger partial charge in [-0.25, -0.2) is 14.7 Å². The molecule has 0 radical (unpaired) electrons. The Balaban J connectivity index is 1.14. The Kier molecular flexibility index (Phi) is 6.49. The first kappa shape index (κ1) is 23.5. The van der Waals surface area contributed by atoms with Gasteiger partial charge in [0.05, 0.1) is 17.5 Å². The van der Waals surface area contributed by atoms with E-state index in [1.807, 2.05) is 12.3 Å². The molecule has 3 aliphatic rings. The number of rotatable bonds is 8. The van der Waals surface area contributed by atoms with Gasteiger partial charge in [-0.1, -0.05) is 0 Å². The SMILES string of the molecule is O=C(CCO)N1CCC(CCNS(=O)(=O)N2CCN(c3ncnc4[nH]ccc34)CC23CC3)CC1. The summed E-state index contributed by atoms with van der Waals surface area (Å²) >= 11 is 0. The van der Waals surface area contributed by atoms with Gasteiger partial charge in [0.15, 0.2) is 0 Å². The maximum atomic E-state index is 13.2. The van der Waals surface area contributed by atoms with Gasteiger partial charge in [0.2, 0.25) is 5.91 Å². The van der Waals surface area contributed by atoms with Gasteiger partial charge < -0.3 is 19.9 Å². The zero-order valence-corrected chi connectivity index (χ0v) is 20.1. The largest absolute Gasteiger partial charge is 0.396 e. The molecule has 3 N–H and O–H groups in total. The van der Waals surface area contributed by atoms with Gasteiger partial charge in [-0.3, -0.25) is 4.79 Å². The molecule has 34 heavy (non-hydrogen) atoms. The number of amides is 1. The third-order valence-corrected chi connectivity index (χ3v) is 9.19. The summed E-state index contributed by atoms with van der Waals surface area (Å²) in [7, 11) is -3.57. The van der Waals surface area contributed by atoms with E-state index in [2.05, 4.69) is 24.6 Å². The molecule has 0 unspecified atom stereocenters. The molecule has 2 saturated heterocycles. The quantitative estimate of drug-likeness (QED) is 0.488. The summed E-state index contributed by atoms with van der Waals surface area (Å²) in [5.41, 5.74) is 0.422. The molecule has 3 fully saturated rings. The number of aromatic amines is 1. The number of piperidine rings is 1. The lowest BCUT2D eigenvalue weighted by atomic mass is 9.93. The first-order valence-corrected chi connectivity index (χ1v) is 13.5. The zero-order valence-electron chi connectivity index (χ0n) is 19.3. The molecule has 2 aromatic rings. The van der Waals surface area contributed by atoms with Crippen molar-refractivity contribution in [3.8, 4) is 0 Å². The number of fused-ring (bicyclic) bond motifs is 1. The molecule has 2 aromatic heterocycles. The van der Waals surface area contributed by atoms with E-state index in [-0.39, 0.29) is 24.5 Å². The van der Waals surface area contributed by atoms with E-state index >= 15 is 0 Å². The molecule has 0 atom stereocenters. The third kappa shape index (κ3) is 4.64. The highest BCUT2D eigenvalue weighted by Crippen LogP contribution is 2.46. The summed E-state index contributed by atoms with van der Waals surface area (Å²) < 4.78 is 30.9. The normalized spacial score (nSPS) is 21.4. The molecule has 11 nitrogen and oxygen atoms in total. The van der Waals surface area contributed by atoms with Crippen LogP contribution in [0.15, 0.2) is 18.6 Å². The van der Waals surface area contributed by atoms with Crippen LogP contribution in [0.1, 0.15) is 38.5 Å². The van der Waals surface area contributed by atoms with E-state index in [9.17, 15) is 13.2 Å². The highest BCUT2D eigenvalue weighted by Gasteiger charge is 2.56. The number of hydrogen-bond donors (Lipinski definition) is 3. The minimum Gasteiger partial charge on any atom is -0.396 e. The van der Waals surface area contributed by atoms with Gasteiger partial charge in [0.1, 0.15) is 17.8 Å².